The summed E-state index contributed by atoms with van der Waals surface area (Å²) >= 11 is 0. The van der Waals surface area contributed by atoms with Crippen molar-refractivity contribution in [3.05, 3.63) is 66.0 Å². The van der Waals surface area contributed by atoms with Gasteiger partial charge < -0.3 is 10.2 Å². The fraction of sp³-hybridized carbons (Fsp3) is 0.318. The molecule has 156 valence electrons. The third kappa shape index (κ3) is 5.01. The van der Waals surface area contributed by atoms with Gasteiger partial charge in [0.25, 0.3) is 0 Å². The summed E-state index contributed by atoms with van der Waals surface area (Å²) in [7, 11) is 0. The molecule has 2 aliphatic rings. The summed E-state index contributed by atoms with van der Waals surface area (Å²) < 4.78 is 13.3. The maximum atomic E-state index is 13.3. The fourth-order valence-electron chi connectivity index (χ4n) is 3.64. The number of nitrogens with zero attached hydrogens (tertiary/aromatic N) is 3. The number of halogens is 1. The molecule has 30 heavy (non-hydrogen) atoms. The van der Waals surface area contributed by atoms with Crippen LogP contribution in [-0.2, 0) is 16.1 Å². The molecular weight excluding hydrogens is 385 g/mol. The number of guanidine groups is 1. The quantitative estimate of drug-likeness (QED) is 0.808. The molecular formula is C22H24FN5O2. The molecule has 0 radical (unpaired) electrons. The molecule has 1 saturated heterocycles. The van der Waals surface area contributed by atoms with Crippen molar-refractivity contribution in [2.45, 2.75) is 19.0 Å². The lowest BCUT2D eigenvalue weighted by molar-refractivity contribution is -0.125. The van der Waals surface area contributed by atoms with Crippen LogP contribution in [0.5, 0.6) is 0 Å². The van der Waals surface area contributed by atoms with Crippen molar-refractivity contribution in [2.24, 2.45) is 4.99 Å². The van der Waals surface area contributed by atoms with Gasteiger partial charge in [-0.05, 0) is 23.8 Å². The van der Waals surface area contributed by atoms with Gasteiger partial charge >= 0.3 is 0 Å². The third-order valence-corrected chi connectivity index (χ3v) is 5.22. The van der Waals surface area contributed by atoms with Crippen molar-refractivity contribution in [2.75, 3.05) is 31.5 Å². The lowest BCUT2D eigenvalue weighted by Gasteiger charge is -2.37. The molecule has 2 aromatic rings. The number of rotatable bonds is 4. The maximum absolute atomic E-state index is 13.3. The highest BCUT2D eigenvalue weighted by Gasteiger charge is 2.30. The first kappa shape index (κ1) is 20.0. The highest BCUT2D eigenvalue weighted by atomic mass is 19.1. The monoisotopic (exact) mass is 409 g/mol. The molecule has 7 nitrogen and oxygen atoms in total. The minimum Gasteiger partial charge on any atom is -0.340 e. The lowest BCUT2D eigenvalue weighted by Crippen LogP contribution is -2.56. The third-order valence-electron chi connectivity index (χ3n) is 5.22. The normalized spacial score (nSPS) is 19.8. The first-order valence-corrected chi connectivity index (χ1v) is 10.0. The molecule has 2 aromatic carbocycles. The highest BCUT2D eigenvalue weighted by Crippen LogP contribution is 2.15. The van der Waals surface area contributed by atoms with Gasteiger partial charge in [-0.25, -0.2) is 9.38 Å². The van der Waals surface area contributed by atoms with Gasteiger partial charge in [0.15, 0.2) is 0 Å². The Morgan fingerprint density at radius 2 is 1.87 bits per heavy atom. The Hall–Kier alpha value is -3.26. The van der Waals surface area contributed by atoms with E-state index in [0.717, 1.165) is 19.6 Å². The zero-order valence-corrected chi connectivity index (χ0v) is 16.6. The Morgan fingerprint density at radius 3 is 2.60 bits per heavy atom. The molecule has 1 fully saturated rings. The van der Waals surface area contributed by atoms with Crippen LogP contribution in [0, 0.1) is 5.82 Å². The van der Waals surface area contributed by atoms with E-state index in [4.69, 9.17) is 0 Å². The van der Waals surface area contributed by atoms with E-state index < -0.39 is 17.8 Å². The SMILES string of the molecule is O=C1C[C@@H](C(=O)Nc2cccc(F)c2)N=C(N2CCN(Cc3ccccc3)CC2)N1. The molecule has 0 saturated carbocycles. The van der Waals surface area contributed by atoms with Crippen LogP contribution in [0.15, 0.2) is 59.6 Å². The molecule has 2 N–H and O–H groups in total. The van der Waals surface area contributed by atoms with E-state index in [2.05, 4.69) is 32.7 Å². The minimum atomic E-state index is -0.834. The fourth-order valence-corrected chi connectivity index (χ4v) is 3.64. The molecule has 0 aromatic heterocycles. The molecule has 2 aliphatic heterocycles. The van der Waals surface area contributed by atoms with Gasteiger partial charge in [-0.2, -0.15) is 0 Å². The summed E-state index contributed by atoms with van der Waals surface area (Å²) in [6.07, 6.45) is -0.0291. The molecule has 0 unspecified atom stereocenters. The average Bonchev–Trinajstić information content (AvgIpc) is 2.74. The molecule has 2 amide bonds. The van der Waals surface area contributed by atoms with Crippen LogP contribution in [0.4, 0.5) is 10.1 Å². The Kier molecular flexibility index (Phi) is 6.04. The second-order valence-electron chi connectivity index (χ2n) is 7.47. The van der Waals surface area contributed by atoms with E-state index in [1.165, 1.54) is 23.8 Å². The van der Waals surface area contributed by atoms with Gasteiger partial charge in [0.1, 0.15) is 11.9 Å². The van der Waals surface area contributed by atoms with Gasteiger partial charge in [-0.15, -0.1) is 0 Å². The molecule has 1 atom stereocenters. The summed E-state index contributed by atoms with van der Waals surface area (Å²) in [5.41, 5.74) is 1.61. The van der Waals surface area contributed by atoms with E-state index in [-0.39, 0.29) is 12.3 Å². The van der Waals surface area contributed by atoms with Crippen LogP contribution < -0.4 is 10.6 Å². The number of hydrogen-bond acceptors (Lipinski definition) is 5. The Balaban J connectivity index is 1.37. The molecule has 8 heteroatoms. The van der Waals surface area contributed by atoms with Gasteiger partial charge in [0, 0.05) is 38.4 Å². The van der Waals surface area contributed by atoms with Gasteiger partial charge in [-0.3, -0.25) is 19.8 Å². The maximum Gasteiger partial charge on any atom is 0.249 e. The van der Waals surface area contributed by atoms with E-state index in [1.807, 2.05) is 23.1 Å². The van der Waals surface area contributed by atoms with Crippen molar-refractivity contribution in [1.82, 2.24) is 15.1 Å². The predicted molar refractivity (Wildman–Crippen MR) is 112 cm³/mol. The smallest absolute Gasteiger partial charge is 0.249 e. The van der Waals surface area contributed by atoms with Gasteiger partial charge in [-0.1, -0.05) is 36.4 Å². The number of benzene rings is 2. The van der Waals surface area contributed by atoms with E-state index in [1.54, 1.807) is 6.07 Å². The molecule has 2 heterocycles. The molecule has 0 spiro atoms. The minimum absolute atomic E-state index is 0.0291. The van der Waals surface area contributed by atoms with Crippen molar-refractivity contribution in [1.29, 1.82) is 0 Å². The predicted octanol–water partition coefficient (Wildman–Crippen LogP) is 1.83. The second-order valence-corrected chi connectivity index (χ2v) is 7.47. The Morgan fingerprint density at radius 1 is 1.10 bits per heavy atom. The summed E-state index contributed by atoms with van der Waals surface area (Å²) in [5, 5.41) is 5.43. The topological polar surface area (TPSA) is 77.0 Å². The lowest BCUT2D eigenvalue weighted by atomic mass is 10.1. The van der Waals surface area contributed by atoms with Crippen molar-refractivity contribution in [3.63, 3.8) is 0 Å². The molecule has 0 bridgehead atoms. The van der Waals surface area contributed by atoms with Crippen LogP contribution in [0.3, 0.4) is 0 Å². The number of hydrogen-bond donors (Lipinski definition) is 2. The zero-order valence-electron chi connectivity index (χ0n) is 16.6. The van der Waals surface area contributed by atoms with Crippen LogP contribution in [0.2, 0.25) is 0 Å². The summed E-state index contributed by atoms with van der Waals surface area (Å²) in [5.74, 6) is -0.668. The Bertz CT molecular complexity index is 942. The number of aliphatic imine (C=N–C) groups is 1. The Labute approximate surface area is 174 Å². The number of carbonyl (C=O) groups is 2. The van der Waals surface area contributed by atoms with Crippen LogP contribution in [-0.4, -0.2) is 59.8 Å². The number of amides is 2. The summed E-state index contributed by atoms with van der Waals surface area (Å²) in [6, 6.07) is 15.1. The number of nitrogens with one attached hydrogen (secondary N) is 2. The van der Waals surface area contributed by atoms with Crippen molar-refractivity contribution >= 4 is 23.5 Å². The summed E-state index contributed by atoms with van der Waals surface area (Å²) in [4.78, 5) is 33.6. The van der Waals surface area contributed by atoms with E-state index >= 15 is 0 Å². The van der Waals surface area contributed by atoms with Crippen molar-refractivity contribution in [3.8, 4) is 0 Å². The second kappa shape index (κ2) is 9.04. The zero-order chi connectivity index (χ0) is 20.9. The number of carbonyl (C=O) groups excluding carboxylic acids is 2. The summed E-state index contributed by atoms with van der Waals surface area (Å²) in [6.45, 7) is 3.98. The van der Waals surface area contributed by atoms with Gasteiger partial charge in [0.2, 0.25) is 17.8 Å². The average molecular weight is 409 g/mol. The van der Waals surface area contributed by atoms with Crippen molar-refractivity contribution < 1.29 is 14.0 Å². The number of piperazine rings is 1. The van der Waals surface area contributed by atoms with Crippen LogP contribution in [0.1, 0.15) is 12.0 Å². The van der Waals surface area contributed by atoms with Crippen LogP contribution >= 0.6 is 0 Å². The van der Waals surface area contributed by atoms with Crippen LogP contribution in [0.25, 0.3) is 0 Å². The molecule has 4 rings (SSSR count). The van der Waals surface area contributed by atoms with Gasteiger partial charge in [0.05, 0.1) is 6.42 Å². The molecule has 0 aliphatic carbocycles. The van der Waals surface area contributed by atoms with E-state index in [9.17, 15) is 14.0 Å². The first-order chi connectivity index (χ1) is 14.6. The first-order valence-electron chi connectivity index (χ1n) is 10.0. The highest BCUT2D eigenvalue weighted by molar-refractivity contribution is 6.05. The standard InChI is InChI=1S/C22H24FN5O2/c23-17-7-4-8-18(13-17)24-21(30)19-14-20(29)26-22(25-19)28-11-9-27(10-12-28)15-16-5-2-1-3-6-16/h1-8,13,19H,9-12,14-15H2,(H,24,30)(H,25,26,29)/t19-/m0/s1. The number of anilines is 1. The largest absolute Gasteiger partial charge is 0.340 e. The van der Waals surface area contributed by atoms with E-state index in [0.29, 0.717) is 24.7 Å².